The van der Waals surface area contributed by atoms with Gasteiger partial charge in [0.2, 0.25) is 0 Å². The number of nitrogens with one attached hydrogen (secondary N) is 1. The Morgan fingerprint density at radius 2 is 2.16 bits per heavy atom. The molecule has 0 aliphatic carbocycles. The van der Waals surface area contributed by atoms with Crippen LogP contribution in [0.15, 0.2) is 23.1 Å². The maximum Gasteiger partial charge on any atom is 0.280 e. The van der Waals surface area contributed by atoms with E-state index in [1.165, 1.54) is 6.07 Å². The van der Waals surface area contributed by atoms with Crippen LogP contribution in [0.4, 0.5) is 8.78 Å². The van der Waals surface area contributed by atoms with E-state index in [1.54, 1.807) is 23.9 Å². The summed E-state index contributed by atoms with van der Waals surface area (Å²) in [6.45, 7) is 4.38. The largest absolute Gasteiger partial charge is 0.304 e. The van der Waals surface area contributed by atoms with Gasteiger partial charge in [0.15, 0.2) is 5.82 Å². The van der Waals surface area contributed by atoms with Crippen molar-refractivity contribution in [2.24, 2.45) is 0 Å². The molecule has 0 aromatic carbocycles. The Morgan fingerprint density at radius 3 is 2.84 bits per heavy atom. The number of pyridine rings is 1. The molecule has 0 radical (unpaired) electrons. The van der Waals surface area contributed by atoms with Crippen molar-refractivity contribution in [2.75, 3.05) is 0 Å². The van der Waals surface area contributed by atoms with Crippen LogP contribution in [0, 0.1) is 6.92 Å². The molecule has 6 nitrogen and oxygen atoms in total. The van der Waals surface area contributed by atoms with Gasteiger partial charge in [-0.1, -0.05) is 0 Å². The topological polar surface area (TPSA) is 76.5 Å². The second-order valence-corrected chi connectivity index (χ2v) is 6.59. The first-order chi connectivity index (χ1) is 12.0. The maximum atomic E-state index is 13.0. The van der Waals surface area contributed by atoms with E-state index in [9.17, 15) is 13.6 Å². The Hall–Kier alpha value is -2.68. The highest BCUT2D eigenvalue weighted by Gasteiger charge is 2.19. The number of aryl methyl sites for hydroxylation is 2. The molecule has 0 bridgehead atoms. The number of aromatic nitrogens is 5. The van der Waals surface area contributed by atoms with Gasteiger partial charge in [-0.05, 0) is 31.5 Å². The monoisotopic (exact) mass is 361 g/mol. The zero-order chi connectivity index (χ0) is 17.7. The number of halogens is 2. The molecule has 9 heteroatoms. The average Bonchev–Trinajstić information content (AvgIpc) is 3.19. The molecule has 128 valence electrons. The van der Waals surface area contributed by atoms with E-state index >= 15 is 0 Å². The lowest BCUT2D eigenvalue weighted by Crippen LogP contribution is -2.08. The molecule has 25 heavy (non-hydrogen) atoms. The third-order valence-electron chi connectivity index (χ3n) is 3.95. The summed E-state index contributed by atoms with van der Waals surface area (Å²) in [5.41, 5.74) is 1.02. The lowest BCUT2D eigenvalue weighted by molar-refractivity contribution is 0.146. The molecule has 0 unspecified atom stereocenters. The Labute approximate surface area is 144 Å². The van der Waals surface area contributed by atoms with E-state index in [0.29, 0.717) is 44.1 Å². The number of fused-ring (bicyclic) bond motifs is 3. The molecule has 4 rings (SSSR count). The highest BCUT2D eigenvalue weighted by atomic mass is 32.1. The van der Waals surface area contributed by atoms with Gasteiger partial charge in [-0.2, -0.15) is 5.10 Å². The normalized spacial score (nSPS) is 11.9. The van der Waals surface area contributed by atoms with Crippen LogP contribution in [0.5, 0.6) is 0 Å². The Balaban J connectivity index is 2.01. The van der Waals surface area contributed by atoms with Crippen molar-refractivity contribution in [1.82, 2.24) is 24.7 Å². The van der Waals surface area contributed by atoms with Crippen molar-refractivity contribution in [3.8, 4) is 11.5 Å². The fourth-order valence-corrected chi connectivity index (χ4v) is 3.84. The van der Waals surface area contributed by atoms with Crippen LogP contribution in [0.1, 0.15) is 24.6 Å². The summed E-state index contributed by atoms with van der Waals surface area (Å²) >= 11 is 1.07. The summed E-state index contributed by atoms with van der Waals surface area (Å²) in [5, 5.41) is 4.97. The first-order valence-electron chi connectivity index (χ1n) is 7.64. The van der Waals surface area contributed by atoms with Crippen LogP contribution in [0.25, 0.3) is 32.0 Å². The Bertz CT molecular complexity index is 1160. The molecule has 0 saturated heterocycles. The Morgan fingerprint density at radius 1 is 1.36 bits per heavy atom. The molecule has 4 aromatic heterocycles. The number of rotatable bonds is 3. The van der Waals surface area contributed by atoms with E-state index < -0.39 is 6.43 Å². The molecule has 0 saturated carbocycles. The SMILES string of the molecule is CCn1ccc(-c2nc3c(sc4nc(C(F)F)cc(C)c43)c(=O)[nH]2)n1. The highest BCUT2D eigenvalue weighted by molar-refractivity contribution is 7.25. The van der Waals surface area contributed by atoms with Gasteiger partial charge in [-0.15, -0.1) is 11.3 Å². The minimum absolute atomic E-state index is 0.296. The summed E-state index contributed by atoms with van der Waals surface area (Å²) in [6, 6.07) is 3.11. The number of hydrogen-bond acceptors (Lipinski definition) is 5. The predicted molar refractivity (Wildman–Crippen MR) is 92.1 cm³/mol. The number of hydrogen-bond donors (Lipinski definition) is 1. The molecule has 0 aliphatic heterocycles. The van der Waals surface area contributed by atoms with Crippen LogP contribution in [-0.4, -0.2) is 24.7 Å². The number of nitrogens with zero attached hydrogens (tertiary/aromatic N) is 4. The molecular formula is C16H13F2N5OS. The van der Waals surface area contributed by atoms with E-state index in [2.05, 4.69) is 20.1 Å². The van der Waals surface area contributed by atoms with Gasteiger partial charge in [0.05, 0.1) is 5.52 Å². The fourth-order valence-electron chi connectivity index (χ4n) is 2.75. The maximum absolute atomic E-state index is 13.0. The van der Waals surface area contributed by atoms with Crippen LogP contribution >= 0.6 is 11.3 Å². The molecule has 0 aliphatic rings. The first kappa shape index (κ1) is 15.8. The molecule has 1 N–H and O–H groups in total. The minimum Gasteiger partial charge on any atom is -0.304 e. The quantitative estimate of drug-likeness (QED) is 0.604. The van der Waals surface area contributed by atoms with Gasteiger partial charge in [-0.3, -0.25) is 9.48 Å². The lowest BCUT2D eigenvalue weighted by Gasteiger charge is -2.02. The van der Waals surface area contributed by atoms with Gasteiger partial charge < -0.3 is 4.98 Å². The zero-order valence-electron chi connectivity index (χ0n) is 13.4. The average molecular weight is 361 g/mol. The standard InChI is InChI=1S/C16H13F2N5OS/c1-3-23-5-4-8(22-23)14-20-11-10-7(2)6-9(13(17)18)19-16(10)25-12(11)15(24)21-14/h4-6,13H,3H2,1-2H3,(H,20,21,24). The zero-order valence-corrected chi connectivity index (χ0v) is 14.2. The number of H-pyrrole nitrogens is 1. The van der Waals surface area contributed by atoms with Crippen LogP contribution in [0.2, 0.25) is 0 Å². The summed E-state index contributed by atoms with van der Waals surface area (Å²) in [4.78, 5) is 24.1. The summed E-state index contributed by atoms with van der Waals surface area (Å²) < 4.78 is 28.1. The summed E-state index contributed by atoms with van der Waals surface area (Å²) in [7, 11) is 0. The Kier molecular flexibility index (Phi) is 3.60. The second kappa shape index (κ2) is 5.69. The van der Waals surface area contributed by atoms with Gasteiger partial charge in [0, 0.05) is 18.1 Å². The van der Waals surface area contributed by atoms with E-state index in [0.717, 1.165) is 11.3 Å². The number of aromatic amines is 1. The second-order valence-electron chi connectivity index (χ2n) is 5.60. The smallest absolute Gasteiger partial charge is 0.280 e. The van der Waals surface area contributed by atoms with E-state index in [1.807, 2.05) is 6.92 Å². The molecule has 4 heterocycles. The van der Waals surface area contributed by atoms with Gasteiger partial charge in [-0.25, -0.2) is 18.7 Å². The highest BCUT2D eigenvalue weighted by Crippen LogP contribution is 2.34. The third kappa shape index (κ3) is 2.51. The summed E-state index contributed by atoms with van der Waals surface area (Å²) in [6.07, 6.45) is -0.861. The van der Waals surface area contributed by atoms with Gasteiger partial charge in [0.1, 0.15) is 20.9 Å². The molecule has 0 amide bonds. The third-order valence-corrected chi connectivity index (χ3v) is 5.02. The predicted octanol–water partition coefficient (Wildman–Crippen LogP) is 3.66. The molecular weight excluding hydrogens is 348 g/mol. The van der Waals surface area contributed by atoms with E-state index in [4.69, 9.17) is 0 Å². The summed E-state index contributed by atoms with van der Waals surface area (Å²) in [5.74, 6) is 0.349. The molecule has 4 aromatic rings. The molecule has 0 spiro atoms. The van der Waals surface area contributed by atoms with Crippen molar-refractivity contribution in [2.45, 2.75) is 26.8 Å². The minimum atomic E-state index is -2.66. The number of alkyl halides is 2. The fraction of sp³-hybridized carbons (Fsp3) is 0.250. The molecule has 0 atom stereocenters. The first-order valence-corrected chi connectivity index (χ1v) is 8.45. The van der Waals surface area contributed by atoms with Crippen molar-refractivity contribution >= 4 is 31.8 Å². The van der Waals surface area contributed by atoms with Gasteiger partial charge in [0.25, 0.3) is 12.0 Å². The van der Waals surface area contributed by atoms with E-state index in [-0.39, 0.29) is 11.3 Å². The van der Waals surface area contributed by atoms with Crippen molar-refractivity contribution in [1.29, 1.82) is 0 Å². The number of thiophene rings is 1. The molecule has 0 fully saturated rings. The van der Waals surface area contributed by atoms with Crippen LogP contribution in [-0.2, 0) is 6.54 Å². The lowest BCUT2D eigenvalue weighted by atomic mass is 10.1. The van der Waals surface area contributed by atoms with Gasteiger partial charge >= 0.3 is 0 Å². The van der Waals surface area contributed by atoms with Crippen molar-refractivity contribution in [3.63, 3.8) is 0 Å². The van der Waals surface area contributed by atoms with Crippen molar-refractivity contribution in [3.05, 3.63) is 39.9 Å². The van der Waals surface area contributed by atoms with Crippen LogP contribution in [0.3, 0.4) is 0 Å². The van der Waals surface area contributed by atoms with Crippen molar-refractivity contribution < 1.29 is 8.78 Å². The van der Waals surface area contributed by atoms with Crippen LogP contribution < -0.4 is 5.56 Å².